The molecule has 16 heavy (non-hydrogen) atoms. The van der Waals surface area contributed by atoms with E-state index < -0.39 is 0 Å². The molecule has 1 aromatic rings. The number of hydrogen-bond donors (Lipinski definition) is 1. The molecular weight excluding hydrogens is 198 g/mol. The second-order valence-corrected chi connectivity index (χ2v) is 5.58. The molecule has 2 heteroatoms. The monoisotopic (exact) mass is 219 g/mol. The van der Waals surface area contributed by atoms with Crippen molar-refractivity contribution in [1.82, 2.24) is 5.32 Å². The Morgan fingerprint density at radius 1 is 1.31 bits per heavy atom. The quantitative estimate of drug-likeness (QED) is 0.784. The highest BCUT2D eigenvalue weighted by molar-refractivity contribution is 5.36. The molecule has 0 bridgehead atoms. The summed E-state index contributed by atoms with van der Waals surface area (Å²) < 4.78 is 5.68. The minimum Gasteiger partial charge on any atom is -0.357 e. The van der Waals surface area contributed by atoms with Crippen molar-refractivity contribution in [3.63, 3.8) is 0 Å². The van der Waals surface area contributed by atoms with Crippen LogP contribution in [-0.4, -0.2) is 13.3 Å². The van der Waals surface area contributed by atoms with Crippen LogP contribution in [0.5, 0.6) is 0 Å². The van der Waals surface area contributed by atoms with Gasteiger partial charge in [-0.25, -0.2) is 0 Å². The predicted octanol–water partition coefficient (Wildman–Crippen LogP) is 2.91. The van der Waals surface area contributed by atoms with Crippen LogP contribution in [-0.2, 0) is 10.2 Å². The lowest BCUT2D eigenvalue weighted by atomic mass is 9.84. The Balaban J connectivity index is 2.36. The largest absolute Gasteiger partial charge is 0.357 e. The van der Waals surface area contributed by atoms with Gasteiger partial charge < -0.3 is 4.74 Å². The van der Waals surface area contributed by atoms with Crippen LogP contribution < -0.4 is 5.32 Å². The first-order valence-electron chi connectivity index (χ1n) is 5.92. The Labute approximate surface area is 98.0 Å². The van der Waals surface area contributed by atoms with Crippen LogP contribution >= 0.6 is 0 Å². The molecule has 0 aromatic heterocycles. The lowest BCUT2D eigenvalue weighted by Gasteiger charge is -2.22. The zero-order valence-electron chi connectivity index (χ0n) is 10.6. The summed E-state index contributed by atoms with van der Waals surface area (Å²) in [5.41, 5.74) is 4.23. The molecule has 2 nitrogen and oxygen atoms in total. The fourth-order valence-electron chi connectivity index (χ4n) is 2.06. The van der Waals surface area contributed by atoms with Gasteiger partial charge in [0, 0.05) is 6.54 Å². The van der Waals surface area contributed by atoms with Crippen molar-refractivity contribution in [2.45, 2.75) is 39.2 Å². The molecule has 1 aliphatic heterocycles. The SMILES string of the molecule is Cc1ccc(C(C)(C)C)cc1C1CNCO1. The molecule has 1 N–H and O–H groups in total. The van der Waals surface area contributed by atoms with Crippen molar-refractivity contribution < 1.29 is 4.74 Å². The molecule has 0 aliphatic carbocycles. The summed E-state index contributed by atoms with van der Waals surface area (Å²) in [4.78, 5) is 0. The standard InChI is InChI=1S/C14H21NO/c1-10-5-6-11(14(2,3)4)7-12(10)13-8-15-9-16-13/h5-7,13,15H,8-9H2,1-4H3. The number of aryl methyl sites for hydroxylation is 1. The van der Waals surface area contributed by atoms with Crippen LogP contribution in [0.4, 0.5) is 0 Å². The van der Waals surface area contributed by atoms with E-state index in [4.69, 9.17) is 4.74 Å². The minimum absolute atomic E-state index is 0.203. The van der Waals surface area contributed by atoms with Gasteiger partial charge >= 0.3 is 0 Å². The maximum Gasteiger partial charge on any atom is 0.0975 e. The van der Waals surface area contributed by atoms with E-state index in [0.717, 1.165) is 6.54 Å². The molecule has 2 rings (SSSR count). The summed E-state index contributed by atoms with van der Waals surface area (Å²) in [5, 5.41) is 3.23. The second-order valence-electron chi connectivity index (χ2n) is 5.58. The Morgan fingerprint density at radius 2 is 2.06 bits per heavy atom. The van der Waals surface area contributed by atoms with Crippen molar-refractivity contribution in [3.8, 4) is 0 Å². The van der Waals surface area contributed by atoms with Crippen molar-refractivity contribution in [1.29, 1.82) is 0 Å². The minimum atomic E-state index is 0.203. The van der Waals surface area contributed by atoms with Gasteiger partial charge in [0.15, 0.2) is 0 Å². The third-order valence-corrected chi connectivity index (χ3v) is 3.21. The summed E-state index contributed by atoms with van der Waals surface area (Å²) in [6.07, 6.45) is 0.224. The normalized spacial score (nSPS) is 21.4. The van der Waals surface area contributed by atoms with Gasteiger partial charge in [-0.2, -0.15) is 0 Å². The Kier molecular flexibility index (Phi) is 3.04. The van der Waals surface area contributed by atoms with Gasteiger partial charge in [-0.1, -0.05) is 39.0 Å². The van der Waals surface area contributed by atoms with E-state index in [0.29, 0.717) is 6.73 Å². The first-order chi connectivity index (χ1) is 7.48. The summed E-state index contributed by atoms with van der Waals surface area (Å²) in [6, 6.07) is 6.73. The smallest absolute Gasteiger partial charge is 0.0975 e. The van der Waals surface area contributed by atoms with Gasteiger partial charge in [0.25, 0.3) is 0 Å². The zero-order chi connectivity index (χ0) is 11.8. The first kappa shape index (κ1) is 11.6. The molecule has 88 valence electrons. The first-order valence-corrected chi connectivity index (χ1v) is 5.92. The van der Waals surface area contributed by atoms with Crippen LogP contribution in [0.25, 0.3) is 0 Å². The molecule has 1 unspecified atom stereocenters. The molecule has 1 atom stereocenters. The van der Waals surface area contributed by atoms with Crippen LogP contribution in [0, 0.1) is 6.92 Å². The summed E-state index contributed by atoms with van der Waals surface area (Å²) in [5.74, 6) is 0. The number of rotatable bonds is 1. The van der Waals surface area contributed by atoms with Crippen LogP contribution in [0.3, 0.4) is 0 Å². The van der Waals surface area contributed by atoms with Crippen LogP contribution in [0.15, 0.2) is 18.2 Å². The lowest BCUT2D eigenvalue weighted by Crippen LogP contribution is -2.14. The van der Waals surface area contributed by atoms with Gasteiger partial charge in [-0.3, -0.25) is 5.32 Å². The van der Waals surface area contributed by atoms with Gasteiger partial charge in [0.05, 0.1) is 12.8 Å². The van der Waals surface area contributed by atoms with Crippen LogP contribution in [0.1, 0.15) is 43.6 Å². The third kappa shape index (κ3) is 2.28. The molecule has 1 heterocycles. The predicted molar refractivity (Wildman–Crippen MR) is 66.6 cm³/mol. The Hall–Kier alpha value is -0.860. The van der Waals surface area contributed by atoms with Gasteiger partial charge in [-0.05, 0) is 29.0 Å². The highest BCUT2D eigenvalue weighted by Crippen LogP contribution is 2.29. The van der Waals surface area contributed by atoms with Crippen molar-refractivity contribution in [2.24, 2.45) is 0 Å². The molecular formula is C14H21NO. The van der Waals surface area contributed by atoms with Gasteiger partial charge in [-0.15, -0.1) is 0 Å². The molecule has 0 spiro atoms. The van der Waals surface area contributed by atoms with E-state index in [9.17, 15) is 0 Å². The maximum absolute atomic E-state index is 5.68. The lowest BCUT2D eigenvalue weighted by molar-refractivity contribution is 0.113. The Morgan fingerprint density at radius 3 is 2.62 bits per heavy atom. The molecule has 1 fully saturated rings. The van der Waals surface area contributed by atoms with Gasteiger partial charge in [0.2, 0.25) is 0 Å². The molecule has 0 amide bonds. The zero-order valence-corrected chi connectivity index (χ0v) is 10.6. The number of benzene rings is 1. The fourth-order valence-corrected chi connectivity index (χ4v) is 2.06. The average molecular weight is 219 g/mol. The van der Waals surface area contributed by atoms with E-state index in [1.165, 1.54) is 16.7 Å². The average Bonchev–Trinajstić information content (AvgIpc) is 2.69. The fraction of sp³-hybridized carbons (Fsp3) is 0.571. The molecule has 1 aromatic carbocycles. The highest BCUT2D eigenvalue weighted by Gasteiger charge is 2.21. The third-order valence-electron chi connectivity index (χ3n) is 3.21. The van der Waals surface area contributed by atoms with E-state index in [1.807, 2.05) is 0 Å². The van der Waals surface area contributed by atoms with Crippen molar-refractivity contribution >= 4 is 0 Å². The Bertz CT molecular complexity index is 373. The number of ether oxygens (including phenoxy) is 1. The second kappa shape index (κ2) is 4.19. The summed E-state index contributed by atoms with van der Waals surface area (Å²) in [7, 11) is 0. The van der Waals surface area contributed by atoms with E-state index in [2.05, 4.69) is 51.2 Å². The van der Waals surface area contributed by atoms with E-state index >= 15 is 0 Å². The number of hydrogen-bond acceptors (Lipinski definition) is 2. The van der Waals surface area contributed by atoms with E-state index in [-0.39, 0.29) is 11.5 Å². The van der Waals surface area contributed by atoms with E-state index in [1.54, 1.807) is 0 Å². The number of nitrogens with one attached hydrogen (secondary N) is 1. The molecule has 1 saturated heterocycles. The summed E-state index contributed by atoms with van der Waals surface area (Å²) in [6.45, 7) is 10.5. The maximum atomic E-state index is 5.68. The summed E-state index contributed by atoms with van der Waals surface area (Å²) >= 11 is 0. The van der Waals surface area contributed by atoms with Crippen LogP contribution in [0.2, 0.25) is 0 Å². The van der Waals surface area contributed by atoms with Crippen molar-refractivity contribution in [2.75, 3.05) is 13.3 Å². The molecule has 0 radical (unpaired) electrons. The van der Waals surface area contributed by atoms with Crippen molar-refractivity contribution in [3.05, 3.63) is 34.9 Å². The highest BCUT2D eigenvalue weighted by atomic mass is 16.5. The molecule has 0 saturated carbocycles. The van der Waals surface area contributed by atoms with Gasteiger partial charge in [0.1, 0.15) is 0 Å². The molecule has 1 aliphatic rings. The topological polar surface area (TPSA) is 21.3 Å².